The Bertz CT molecular complexity index is 203. The summed E-state index contributed by atoms with van der Waals surface area (Å²) in [6, 6.07) is 0. The van der Waals surface area contributed by atoms with Crippen molar-refractivity contribution < 1.29 is 18.3 Å². The number of halogens is 2. The van der Waals surface area contributed by atoms with E-state index in [-0.39, 0.29) is 12.3 Å². The van der Waals surface area contributed by atoms with Crippen LogP contribution in [0.15, 0.2) is 0 Å². The highest BCUT2D eigenvalue weighted by Crippen LogP contribution is 2.32. The fourth-order valence-electron chi connectivity index (χ4n) is 1.56. The van der Waals surface area contributed by atoms with E-state index in [0.29, 0.717) is 0 Å². The van der Waals surface area contributed by atoms with Crippen LogP contribution in [0.1, 0.15) is 19.3 Å². The Hall–Kier alpha value is -0.320. The van der Waals surface area contributed by atoms with E-state index in [1.165, 1.54) is 0 Å². The van der Waals surface area contributed by atoms with Crippen LogP contribution >= 0.6 is 11.8 Å². The third-order valence-electron chi connectivity index (χ3n) is 2.28. The van der Waals surface area contributed by atoms with Crippen LogP contribution in [0.2, 0.25) is 0 Å². The molecule has 0 bridgehead atoms. The maximum absolute atomic E-state index is 13.1. The molecule has 0 aromatic heterocycles. The minimum Gasteiger partial charge on any atom is -0.465 e. The van der Waals surface area contributed by atoms with Crippen molar-refractivity contribution in [3.05, 3.63) is 0 Å². The zero-order valence-electron chi connectivity index (χ0n) is 8.09. The van der Waals surface area contributed by atoms with Crippen LogP contribution in [-0.2, 0) is 9.53 Å². The minimum atomic E-state index is -3.31. The van der Waals surface area contributed by atoms with E-state index >= 15 is 0 Å². The first-order valence-corrected chi connectivity index (χ1v) is 5.75. The van der Waals surface area contributed by atoms with Crippen LogP contribution in [0.3, 0.4) is 0 Å². The van der Waals surface area contributed by atoms with E-state index in [1.807, 2.05) is 0 Å². The molecule has 0 aromatic rings. The molecule has 0 radical (unpaired) electrons. The Labute approximate surface area is 86.4 Å². The normalized spacial score (nSPS) is 23.2. The second-order valence-corrected chi connectivity index (χ2v) is 4.63. The molecule has 1 aliphatic heterocycles. The highest BCUT2D eigenvalue weighted by atomic mass is 32.2. The number of thioether (sulfide) groups is 1. The van der Waals surface area contributed by atoms with Gasteiger partial charge in [0.1, 0.15) is 0 Å². The van der Waals surface area contributed by atoms with E-state index in [1.54, 1.807) is 11.8 Å². The Morgan fingerprint density at radius 1 is 1.64 bits per heavy atom. The number of hydrogen-bond donors (Lipinski definition) is 0. The summed E-state index contributed by atoms with van der Waals surface area (Å²) in [5, 5.41) is 0. The topological polar surface area (TPSA) is 26.3 Å². The van der Waals surface area contributed by atoms with Crippen molar-refractivity contribution in [2.75, 3.05) is 18.6 Å². The summed E-state index contributed by atoms with van der Waals surface area (Å²) in [6.07, 6.45) is 1.39. The van der Waals surface area contributed by atoms with Gasteiger partial charge >= 0.3 is 11.9 Å². The fraction of sp³-hybridized carbons (Fsp3) is 0.889. The molecule has 1 fully saturated rings. The van der Waals surface area contributed by atoms with Crippen LogP contribution < -0.4 is 0 Å². The molecule has 0 saturated carbocycles. The number of esters is 1. The van der Waals surface area contributed by atoms with E-state index in [4.69, 9.17) is 0 Å². The number of ether oxygens (including phenoxy) is 1. The van der Waals surface area contributed by atoms with Gasteiger partial charge in [0.15, 0.2) is 0 Å². The molecule has 1 aliphatic rings. The van der Waals surface area contributed by atoms with Crippen LogP contribution in [0, 0.1) is 5.92 Å². The largest absolute Gasteiger partial charge is 0.465 e. The molecular weight excluding hydrogens is 210 g/mol. The summed E-state index contributed by atoms with van der Waals surface area (Å²) in [6.45, 7) is 0. The zero-order valence-corrected chi connectivity index (χ0v) is 8.91. The summed E-state index contributed by atoms with van der Waals surface area (Å²) < 4.78 is 30.3. The lowest BCUT2D eigenvalue weighted by molar-refractivity contribution is -0.171. The maximum Gasteiger partial charge on any atom is 0.376 e. The summed E-state index contributed by atoms with van der Waals surface area (Å²) >= 11 is 1.68. The molecule has 5 heteroatoms. The van der Waals surface area contributed by atoms with Gasteiger partial charge in [-0.15, -0.1) is 0 Å². The lowest BCUT2D eigenvalue weighted by atomic mass is 9.97. The van der Waals surface area contributed by atoms with Gasteiger partial charge in [-0.2, -0.15) is 20.5 Å². The quantitative estimate of drug-likeness (QED) is 0.688. The van der Waals surface area contributed by atoms with Gasteiger partial charge in [-0.05, 0) is 30.3 Å². The molecule has 1 saturated heterocycles. The molecule has 0 aromatic carbocycles. The van der Waals surface area contributed by atoms with E-state index in [0.717, 1.165) is 31.5 Å². The molecular formula is C9H14F2O2S. The Morgan fingerprint density at radius 3 is 2.86 bits per heavy atom. The summed E-state index contributed by atoms with van der Waals surface area (Å²) in [5.41, 5.74) is 0. The SMILES string of the molecule is COC(=O)C(F)(F)CC1CCCSC1. The molecule has 1 rings (SSSR count). The van der Waals surface area contributed by atoms with Crippen molar-refractivity contribution in [3.63, 3.8) is 0 Å². The van der Waals surface area contributed by atoms with Crippen molar-refractivity contribution >= 4 is 17.7 Å². The Kier molecular flexibility index (Phi) is 4.16. The highest BCUT2D eigenvalue weighted by Gasteiger charge is 2.42. The van der Waals surface area contributed by atoms with Gasteiger partial charge in [-0.25, -0.2) is 4.79 Å². The van der Waals surface area contributed by atoms with Gasteiger partial charge in [0, 0.05) is 6.42 Å². The number of rotatable bonds is 3. The standard InChI is InChI=1S/C9H14F2O2S/c1-13-8(12)9(10,11)5-7-3-2-4-14-6-7/h7H,2-6H2,1H3. The van der Waals surface area contributed by atoms with Crippen LogP contribution in [0.25, 0.3) is 0 Å². The molecule has 1 unspecified atom stereocenters. The van der Waals surface area contributed by atoms with Crippen LogP contribution in [-0.4, -0.2) is 30.5 Å². The zero-order chi connectivity index (χ0) is 10.6. The molecule has 14 heavy (non-hydrogen) atoms. The van der Waals surface area contributed by atoms with Crippen LogP contribution in [0.4, 0.5) is 8.78 Å². The molecule has 0 spiro atoms. The summed E-state index contributed by atoms with van der Waals surface area (Å²) in [5.74, 6) is -3.00. The molecule has 0 aliphatic carbocycles. The number of hydrogen-bond acceptors (Lipinski definition) is 3. The smallest absolute Gasteiger partial charge is 0.376 e. The monoisotopic (exact) mass is 224 g/mol. The molecule has 2 nitrogen and oxygen atoms in total. The number of carbonyl (C=O) groups is 1. The lowest BCUT2D eigenvalue weighted by Crippen LogP contribution is -2.33. The van der Waals surface area contributed by atoms with E-state index in [9.17, 15) is 13.6 Å². The molecule has 1 atom stereocenters. The average molecular weight is 224 g/mol. The molecule has 82 valence electrons. The van der Waals surface area contributed by atoms with Crippen molar-refractivity contribution in [3.8, 4) is 0 Å². The third kappa shape index (κ3) is 3.12. The Morgan fingerprint density at radius 2 is 2.36 bits per heavy atom. The van der Waals surface area contributed by atoms with Crippen molar-refractivity contribution in [2.24, 2.45) is 5.92 Å². The molecule has 0 amide bonds. The first-order chi connectivity index (χ1) is 6.56. The number of methoxy groups -OCH3 is 1. The fourth-order valence-corrected chi connectivity index (χ4v) is 2.72. The van der Waals surface area contributed by atoms with Crippen molar-refractivity contribution in [2.45, 2.75) is 25.2 Å². The first-order valence-electron chi connectivity index (χ1n) is 4.60. The average Bonchev–Trinajstić information content (AvgIpc) is 2.17. The second kappa shape index (κ2) is 4.96. The predicted octanol–water partition coefficient (Wildman–Crippen LogP) is 2.33. The first kappa shape index (κ1) is 11.8. The van der Waals surface area contributed by atoms with Gasteiger partial charge < -0.3 is 4.74 Å². The van der Waals surface area contributed by atoms with Gasteiger partial charge in [-0.3, -0.25) is 0 Å². The predicted molar refractivity (Wildman–Crippen MR) is 51.6 cm³/mol. The van der Waals surface area contributed by atoms with Gasteiger partial charge in [0.05, 0.1) is 7.11 Å². The third-order valence-corrected chi connectivity index (χ3v) is 3.57. The lowest BCUT2D eigenvalue weighted by Gasteiger charge is -2.24. The second-order valence-electron chi connectivity index (χ2n) is 3.48. The number of alkyl halides is 2. The van der Waals surface area contributed by atoms with Crippen LogP contribution in [0.5, 0.6) is 0 Å². The summed E-state index contributed by atoms with van der Waals surface area (Å²) in [4.78, 5) is 10.7. The van der Waals surface area contributed by atoms with Gasteiger partial charge in [-0.1, -0.05) is 0 Å². The van der Waals surface area contributed by atoms with E-state index in [2.05, 4.69) is 4.74 Å². The van der Waals surface area contributed by atoms with Gasteiger partial charge in [0.2, 0.25) is 0 Å². The van der Waals surface area contributed by atoms with E-state index < -0.39 is 11.9 Å². The molecule has 0 N–H and O–H groups in total. The van der Waals surface area contributed by atoms with Crippen molar-refractivity contribution in [1.82, 2.24) is 0 Å². The minimum absolute atomic E-state index is 0.0529. The maximum atomic E-state index is 13.1. The number of carbonyl (C=O) groups excluding carboxylic acids is 1. The Balaban J connectivity index is 2.44. The summed E-state index contributed by atoms with van der Waals surface area (Å²) in [7, 11) is 0.992. The molecule has 1 heterocycles. The highest BCUT2D eigenvalue weighted by molar-refractivity contribution is 7.99. The van der Waals surface area contributed by atoms with Crippen molar-refractivity contribution in [1.29, 1.82) is 0 Å². The van der Waals surface area contributed by atoms with Gasteiger partial charge in [0.25, 0.3) is 0 Å².